The predicted octanol–water partition coefficient (Wildman–Crippen LogP) is 3.54. The van der Waals surface area contributed by atoms with Crippen molar-refractivity contribution in [2.24, 2.45) is 0 Å². The number of rotatable bonds is 6. The summed E-state index contributed by atoms with van der Waals surface area (Å²) < 4.78 is 35.1. The summed E-state index contributed by atoms with van der Waals surface area (Å²) in [5.41, 5.74) is 1.88. The van der Waals surface area contributed by atoms with E-state index in [0.717, 1.165) is 43.7 Å². The summed E-state index contributed by atoms with van der Waals surface area (Å²) in [5, 5.41) is 6.17. The van der Waals surface area contributed by atoms with Crippen molar-refractivity contribution in [3.63, 3.8) is 0 Å². The second-order valence-corrected chi connectivity index (χ2v) is 10.2. The van der Waals surface area contributed by atoms with E-state index in [4.69, 9.17) is 4.74 Å². The summed E-state index contributed by atoms with van der Waals surface area (Å²) in [5.74, 6) is -4.31. The molecule has 3 heterocycles. The number of carbonyl (C=O) groups excluding carboxylic acids is 2. The zero-order chi connectivity index (χ0) is 27.7. The van der Waals surface area contributed by atoms with Gasteiger partial charge in [0.1, 0.15) is 11.4 Å². The maximum Gasteiger partial charge on any atom is 0.342 e. The highest BCUT2D eigenvalue weighted by molar-refractivity contribution is 6.02. The zero-order valence-electron chi connectivity index (χ0n) is 22.3. The molecule has 1 aromatic carbocycles. The third kappa shape index (κ3) is 5.51. The highest BCUT2D eigenvalue weighted by Gasteiger charge is 2.48. The number of hydrogen-bond donors (Lipinski definition) is 2. The van der Waals surface area contributed by atoms with Crippen LogP contribution < -0.4 is 25.2 Å². The van der Waals surface area contributed by atoms with Gasteiger partial charge in [-0.05, 0) is 64.4 Å². The van der Waals surface area contributed by atoms with Crippen LogP contribution in [0.2, 0.25) is 0 Å². The minimum atomic E-state index is -3.58. The molecule has 10 nitrogen and oxygen atoms in total. The lowest BCUT2D eigenvalue weighted by Gasteiger charge is -2.29. The van der Waals surface area contributed by atoms with E-state index in [2.05, 4.69) is 32.5 Å². The zero-order valence-corrected chi connectivity index (χ0v) is 22.3. The van der Waals surface area contributed by atoms with Gasteiger partial charge in [0.2, 0.25) is 5.95 Å². The predicted molar refractivity (Wildman–Crippen MR) is 144 cm³/mol. The van der Waals surface area contributed by atoms with E-state index in [9.17, 15) is 18.4 Å². The number of carbonyl (C=O) groups is 2. The SMILES string of the molecule is COc1cc(Nc2ncc3c(n2)N(C2=CCCC2)CC(F)(F)C(=O)N3C)ccc1C(=O)NC1CCN(C)CC1. The Morgan fingerprint density at radius 3 is 2.67 bits per heavy atom. The molecule has 0 bridgehead atoms. The maximum absolute atomic E-state index is 14.8. The number of amides is 2. The summed E-state index contributed by atoms with van der Waals surface area (Å²) >= 11 is 0. The highest BCUT2D eigenvalue weighted by atomic mass is 19.3. The topological polar surface area (TPSA) is 103 Å². The Kier molecular flexibility index (Phi) is 7.39. The van der Waals surface area contributed by atoms with Crippen LogP contribution in [0.1, 0.15) is 42.5 Å². The minimum absolute atomic E-state index is 0.111. The number of methoxy groups -OCH3 is 1. The van der Waals surface area contributed by atoms with E-state index in [1.807, 2.05) is 6.08 Å². The van der Waals surface area contributed by atoms with Crippen molar-refractivity contribution in [2.45, 2.75) is 44.1 Å². The molecule has 0 saturated carbocycles. The molecule has 12 heteroatoms. The second-order valence-electron chi connectivity index (χ2n) is 10.2. The molecule has 3 aliphatic rings. The average molecular weight is 542 g/mol. The van der Waals surface area contributed by atoms with Gasteiger partial charge >= 0.3 is 5.92 Å². The number of ether oxygens (including phenoxy) is 1. The van der Waals surface area contributed by atoms with Crippen LogP contribution in [-0.4, -0.2) is 79.5 Å². The van der Waals surface area contributed by atoms with Gasteiger partial charge in [-0.3, -0.25) is 9.59 Å². The molecule has 1 fully saturated rings. The van der Waals surface area contributed by atoms with E-state index < -0.39 is 18.4 Å². The van der Waals surface area contributed by atoms with Crippen LogP contribution in [0.4, 0.5) is 31.9 Å². The molecular formula is C27H33F2N7O3. The van der Waals surface area contributed by atoms with Gasteiger partial charge in [-0.1, -0.05) is 6.08 Å². The number of likely N-dealkylation sites (tertiary alicyclic amines) is 1. The Morgan fingerprint density at radius 1 is 1.21 bits per heavy atom. The number of aromatic nitrogens is 2. The molecule has 2 amide bonds. The molecule has 2 aliphatic heterocycles. The van der Waals surface area contributed by atoms with Crippen molar-refractivity contribution >= 4 is 35.0 Å². The highest BCUT2D eigenvalue weighted by Crippen LogP contribution is 2.39. The van der Waals surface area contributed by atoms with Gasteiger partial charge in [0, 0.05) is 30.5 Å². The molecule has 2 N–H and O–H groups in total. The first-order valence-corrected chi connectivity index (χ1v) is 13.1. The Morgan fingerprint density at radius 2 is 1.97 bits per heavy atom. The van der Waals surface area contributed by atoms with E-state index in [-0.39, 0.29) is 29.4 Å². The van der Waals surface area contributed by atoms with Crippen molar-refractivity contribution < 1.29 is 23.1 Å². The van der Waals surface area contributed by atoms with Gasteiger partial charge in [-0.2, -0.15) is 13.8 Å². The Hall–Kier alpha value is -3.80. The van der Waals surface area contributed by atoms with Crippen LogP contribution in [0.25, 0.3) is 0 Å². The summed E-state index contributed by atoms with van der Waals surface area (Å²) in [6.45, 7) is 1.07. The van der Waals surface area contributed by atoms with Crippen molar-refractivity contribution in [1.82, 2.24) is 20.2 Å². The Labute approximate surface area is 226 Å². The smallest absolute Gasteiger partial charge is 0.342 e. The lowest BCUT2D eigenvalue weighted by molar-refractivity contribution is -0.140. The monoisotopic (exact) mass is 541 g/mol. The molecule has 1 aliphatic carbocycles. The molecule has 39 heavy (non-hydrogen) atoms. The standard InChI is InChI=1S/C27H33F2N7O3/c1-34-12-10-17(11-13-34)31-24(37)20-9-8-18(14-22(20)39-3)32-26-30-15-21-23(33-26)36(19-6-4-5-7-19)16-27(28,29)25(38)35(21)2/h6,8-9,14-15,17H,4-5,7,10-13,16H2,1-3H3,(H,31,37)(H,30,32,33). The number of nitrogens with zero attached hydrogens (tertiary/aromatic N) is 5. The van der Waals surface area contributed by atoms with Crippen LogP contribution in [0.15, 0.2) is 36.2 Å². The van der Waals surface area contributed by atoms with Crippen molar-refractivity contribution in [2.75, 3.05) is 56.0 Å². The minimum Gasteiger partial charge on any atom is -0.496 e. The molecule has 0 unspecified atom stereocenters. The number of allylic oxidation sites excluding steroid dienone is 2. The largest absolute Gasteiger partial charge is 0.496 e. The van der Waals surface area contributed by atoms with E-state index in [1.54, 1.807) is 18.2 Å². The molecule has 1 saturated heterocycles. The summed E-state index contributed by atoms with van der Waals surface area (Å²) in [4.78, 5) is 38.8. The van der Waals surface area contributed by atoms with E-state index >= 15 is 0 Å². The molecule has 5 rings (SSSR count). The first kappa shape index (κ1) is 26.8. The van der Waals surface area contributed by atoms with Crippen LogP contribution >= 0.6 is 0 Å². The van der Waals surface area contributed by atoms with Crippen LogP contribution in [0.3, 0.4) is 0 Å². The van der Waals surface area contributed by atoms with Gasteiger partial charge in [0.05, 0.1) is 25.4 Å². The molecule has 208 valence electrons. The number of nitrogens with one attached hydrogen (secondary N) is 2. The fourth-order valence-corrected chi connectivity index (χ4v) is 5.20. The molecule has 0 spiro atoms. The second kappa shape index (κ2) is 10.8. The molecule has 0 atom stereocenters. The quantitative estimate of drug-likeness (QED) is 0.573. The number of anilines is 4. The lowest BCUT2D eigenvalue weighted by Crippen LogP contribution is -2.45. The Balaban J connectivity index is 1.39. The number of hydrogen-bond acceptors (Lipinski definition) is 8. The normalized spacial score (nSPS) is 19.8. The molecular weight excluding hydrogens is 508 g/mol. The maximum atomic E-state index is 14.8. The van der Waals surface area contributed by atoms with E-state index in [1.165, 1.54) is 25.3 Å². The first-order chi connectivity index (χ1) is 18.7. The fraction of sp³-hybridized carbons (Fsp3) is 0.481. The summed E-state index contributed by atoms with van der Waals surface area (Å²) in [6.07, 6.45) is 7.31. The van der Waals surface area contributed by atoms with Gasteiger partial charge in [0.25, 0.3) is 11.8 Å². The third-order valence-electron chi connectivity index (χ3n) is 7.46. The van der Waals surface area contributed by atoms with Gasteiger partial charge in [-0.15, -0.1) is 0 Å². The Bertz CT molecular complexity index is 1290. The number of alkyl halides is 2. The van der Waals surface area contributed by atoms with Gasteiger partial charge in [-0.25, -0.2) is 4.98 Å². The summed E-state index contributed by atoms with van der Waals surface area (Å²) in [6, 6.07) is 5.15. The molecule has 2 aromatic rings. The average Bonchev–Trinajstić information content (AvgIpc) is 3.45. The molecule has 1 aromatic heterocycles. The van der Waals surface area contributed by atoms with E-state index in [0.29, 0.717) is 29.1 Å². The van der Waals surface area contributed by atoms with Crippen LogP contribution in [0, 0.1) is 0 Å². The lowest BCUT2D eigenvalue weighted by atomic mass is 10.0. The molecule has 0 radical (unpaired) electrons. The van der Waals surface area contributed by atoms with Crippen LogP contribution in [-0.2, 0) is 4.79 Å². The third-order valence-corrected chi connectivity index (χ3v) is 7.46. The number of halogens is 2. The van der Waals surface area contributed by atoms with Crippen molar-refractivity contribution in [3.05, 3.63) is 41.7 Å². The van der Waals surface area contributed by atoms with Crippen molar-refractivity contribution in [3.8, 4) is 5.75 Å². The van der Waals surface area contributed by atoms with Gasteiger partial charge in [0.15, 0.2) is 5.82 Å². The number of piperidine rings is 1. The number of benzene rings is 1. The van der Waals surface area contributed by atoms with Crippen LogP contribution in [0.5, 0.6) is 5.75 Å². The number of fused-ring (bicyclic) bond motifs is 1. The fourth-order valence-electron chi connectivity index (χ4n) is 5.20. The van der Waals surface area contributed by atoms with Gasteiger partial charge < -0.3 is 30.1 Å². The summed E-state index contributed by atoms with van der Waals surface area (Å²) in [7, 11) is 4.86. The first-order valence-electron chi connectivity index (χ1n) is 13.1. The van der Waals surface area contributed by atoms with Crippen molar-refractivity contribution in [1.29, 1.82) is 0 Å².